The van der Waals surface area contributed by atoms with E-state index in [0.29, 0.717) is 11.6 Å². The monoisotopic (exact) mass is 293 g/mol. The number of benzene rings is 2. The second-order valence-corrected chi connectivity index (χ2v) is 5.07. The maximum Gasteiger partial charge on any atom is 0.124 e. The zero-order valence-corrected chi connectivity index (χ0v) is 12.3. The van der Waals surface area contributed by atoms with Gasteiger partial charge >= 0.3 is 0 Å². The van der Waals surface area contributed by atoms with E-state index in [1.54, 1.807) is 6.07 Å². The number of hydrogen-bond acceptors (Lipinski definition) is 2. The van der Waals surface area contributed by atoms with Gasteiger partial charge in [-0.25, -0.2) is 4.39 Å². The number of halogens is 2. The highest BCUT2D eigenvalue weighted by molar-refractivity contribution is 6.31. The van der Waals surface area contributed by atoms with Gasteiger partial charge in [0.2, 0.25) is 0 Å². The highest BCUT2D eigenvalue weighted by atomic mass is 35.5. The van der Waals surface area contributed by atoms with Crippen LogP contribution in [0.3, 0.4) is 0 Å². The first-order chi connectivity index (χ1) is 9.60. The SMILES string of the molecule is CNCc1cc(C)ccc1OCc1ccc(F)cc1Cl. The van der Waals surface area contributed by atoms with Crippen LogP contribution in [0.2, 0.25) is 5.02 Å². The van der Waals surface area contributed by atoms with Crippen LogP contribution in [0.25, 0.3) is 0 Å². The molecule has 0 bridgehead atoms. The third kappa shape index (κ3) is 3.71. The maximum atomic E-state index is 13.0. The fraction of sp³-hybridized carbons (Fsp3) is 0.250. The molecule has 0 aromatic heterocycles. The minimum absolute atomic E-state index is 0.318. The third-order valence-corrected chi connectivity index (χ3v) is 3.33. The molecule has 4 heteroatoms. The van der Waals surface area contributed by atoms with Gasteiger partial charge in [-0.2, -0.15) is 0 Å². The van der Waals surface area contributed by atoms with E-state index in [1.165, 1.54) is 17.7 Å². The first-order valence-corrected chi connectivity index (χ1v) is 6.79. The summed E-state index contributed by atoms with van der Waals surface area (Å²) in [6.45, 7) is 3.09. The summed E-state index contributed by atoms with van der Waals surface area (Å²) < 4.78 is 18.8. The predicted octanol–water partition coefficient (Wildman–Crippen LogP) is 4.09. The molecule has 1 N–H and O–H groups in total. The molecular formula is C16H17ClFNO. The second-order valence-electron chi connectivity index (χ2n) is 4.67. The van der Waals surface area contributed by atoms with Gasteiger partial charge < -0.3 is 10.1 Å². The molecule has 0 radical (unpaired) electrons. The average molecular weight is 294 g/mol. The Morgan fingerprint density at radius 1 is 1.15 bits per heavy atom. The Balaban J connectivity index is 2.14. The molecule has 2 rings (SSSR count). The smallest absolute Gasteiger partial charge is 0.124 e. The molecule has 0 saturated heterocycles. The first-order valence-electron chi connectivity index (χ1n) is 6.41. The molecule has 0 saturated carbocycles. The standard InChI is InChI=1S/C16H17ClFNO/c1-11-3-6-16(13(7-11)9-19-2)20-10-12-4-5-14(18)8-15(12)17/h3-8,19H,9-10H2,1-2H3. The van der Waals surface area contributed by atoms with Crippen LogP contribution in [0.4, 0.5) is 4.39 Å². The van der Waals surface area contributed by atoms with Gasteiger partial charge in [-0.15, -0.1) is 0 Å². The van der Waals surface area contributed by atoms with Crippen LogP contribution in [0, 0.1) is 12.7 Å². The number of rotatable bonds is 5. The molecule has 0 aliphatic rings. The van der Waals surface area contributed by atoms with Crippen LogP contribution < -0.4 is 10.1 Å². The average Bonchev–Trinajstić information content (AvgIpc) is 2.40. The van der Waals surface area contributed by atoms with E-state index in [4.69, 9.17) is 16.3 Å². The van der Waals surface area contributed by atoms with Crippen molar-refractivity contribution in [3.05, 3.63) is 63.9 Å². The maximum absolute atomic E-state index is 13.0. The van der Waals surface area contributed by atoms with Crippen molar-refractivity contribution < 1.29 is 9.13 Å². The molecule has 0 amide bonds. The fourth-order valence-corrected chi connectivity index (χ4v) is 2.19. The van der Waals surface area contributed by atoms with E-state index in [-0.39, 0.29) is 5.82 Å². The van der Waals surface area contributed by atoms with Crippen molar-refractivity contribution >= 4 is 11.6 Å². The van der Waals surface area contributed by atoms with Gasteiger partial charge in [-0.05, 0) is 32.2 Å². The lowest BCUT2D eigenvalue weighted by molar-refractivity contribution is 0.302. The van der Waals surface area contributed by atoms with Gasteiger partial charge in [-0.3, -0.25) is 0 Å². The van der Waals surface area contributed by atoms with Gasteiger partial charge in [0.15, 0.2) is 0 Å². The van der Waals surface area contributed by atoms with Crippen LogP contribution in [0.15, 0.2) is 36.4 Å². The van der Waals surface area contributed by atoms with E-state index >= 15 is 0 Å². The summed E-state index contributed by atoms with van der Waals surface area (Å²) in [5.74, 6) is 0.468. The normalized spacial score (nSPS) is 10.6. The molecule has 0 spiro atoms. The lowest BCUT2D eigenvalue weighted by Gasteiger charge is -2.13. The van der Waals surface area contributed by atoms with Crippen molar-refractivity contribution in [1.29, 1.82) is 0 Å². The minimum Gasteiger partial charge on any atom is -0.489 e. The van der Waals surface area contributed by atoms with Crippen LogP contribution in [0.5, 0.6) is 5.75 Å². The molecule has 0 aliphatic carbocycles. The summed E-state index contributed by atoms with van der Waals surface area (Å²) in [6.07, 6.45) is 0. The van der Waals surface area contributed by atoms with Crippen molar-refractivity contribution in [2.24, 2.45) is 0 Å². The highest BCUT2D eigenvalue weighted by Crippen LogP contribution is 2.23. The summed E-state index contributed by atoms with van der Waals surface area (Å²) in [6, 6.07) is 10.3. The molecule has 2 nitrogen and oxygen atoms in total. The van der Waals surface area contributed by atoms with Crippen LogP contribution in [-0.4, -0.2) is 7.05 Å². The Bertz CT molecular complexity index is 601. The molecule has 106 valence electrons. The Morgan fingerprint density at radius 2 is 1.95 bits per heavy atom. The highest BCUT2D eigenvalue weighted by Gasteiger charge is 2.06. The van der Waals surface area contributed by atoms with Crippen LogP contribution >= 0.6 is 11.6 Å². The summed E-state index contributed by atoms with van der Waals surface area (Å²) >= 11 is 5.99. The lowest BCUT2D eigenvalue weighted by atomic mass is 10.1. The quantitative estimate of drug-likeness (QED) is 0.896. The fourth-order valence-electron chi connectivity index (χ4n) is 1.97. The van der Waals surface area contributed by atoms with Gasteiger partial charge in [0.1, 0.15) is 18.2 Å². The zero-order valence-electron chi connectivity index (χ0n) is 11.5. The molecule has 0 atom stereocenters. The molecule has 0 unspecified atom stereocenters. The van der Waals surface area contributed by atoms with E-state index in [1.807, 2.05) is 26.1 Å². The molecule has 2 aromatic rings. The van der Waals surface area contributed by atoms with E-state index in [0.717, 1.165) is 23.4 Å². The number of aryl methyl sites for hydroxylation is 1. The summed E-state index contributed by atoms with van der Waals surface area (Å²) in [5.41, 5.74) is 3.04. The van der Waals surface area contributed by atoms with Gasteiger partial charge in [0.05, 0.1) is 5.02 Å². The number of nitrogens with one attached hydrogen (secondary N) is 1. The van der Waals surface area contributed by atoms with E-state index in [9.17, 15) is 4.39 Å². The Hall–Kier alpha value is -1.58. The van der Waals surface area contributed by atoms with E-state index in [2.05, 4.69) is 11.4 Å². The molecule has 0 fully saturated rings. The third-order valence-electron chi connectivity index (χ3n) is 2.98. The van der Waals surface area contributed by atoms with Crippen molar-refractivity contribution in [3.63, 3.8) is 0 Å². The Morgan fingerprint density at radius 3 is 2.65 bits per heavy atom. The minimum atomic E-state index is -0.343. The largest absolute Gasteiger partial charge is 0.489 e. The summed E-state index contributed by atoms with van der Waals surface area (Å²) in [4.78, 5) is 0. The summed E-state index contributed by atoms with van der Waals surface area (Å²) in [7, 11) is 1.89. The van der Waals surface area contributed by atoms with Crippen molar-refractivity contribution in [1.82, 2.24) is 5.32 Å². The number of hydrogen-bond donors (Lipinski definition) is 1. The topological polar surface area (TPSA) is 21.3 Å². The first kappa shape index (κ1) is 14.8. The van der Waals surface area contributed by atoms with Gasteiger partial charge in [-0.1, -0.05) is 35.4 Å². The molecule has 20 heavy (non-hydrogen) atoms. The van der Waals surface area contributed by atoms with Crippen LogP contribution in [-0.2, 0) is 13.2 Å². The van der Waals surface area contributed by atoms with Gasteiger partial charge in [0.25, 0.3) is 0 Å². The Labute approximate surface area is 123 Å². The van der Waals surface area contributed by atoms with E-state index < -0.39 is 0 Å². The molecular weight excluding hydrogens is 277 g/mol. The van der Waals surface area contributed by atoms with Crippen LogP contribution in [0.1, 0.15) is 16.7 Å². The summed E-state index contributed by atoms with van der Waals surface area (Å²) in [5, 5.41) is 3.49. The predicted molar refractivity (Wildman–Crippen MR) is 79.7 cm³/mol. The zero-order chi connectivity index (χ0) is 14.5. The van der Waals surface area contributed by atoms with Crippen molar-refractivity contribution in [2.75, 3.05) is 7.05 Å². The van der Waals surface area contributed by atoms with Crippen molar-refractivity contribution in [3.8, 4) is 5.75 Å². The van der Waals surface area contributed by atoms with Gasteiger partial charge in [0, 0.05) is 17.7 Å². The van der Waals surface area contributed by atoms with Crippen molar-refractivity contribution in [2.45, 2.75) is 20.1 Å². The second kappa shape index (κ2) is 6.73. The molecule has 0 aliphatic heterocycles. The Kier molecular flexibility index (Phi) is 4.99. The number of ether oxygens (including phenoxy) is 1. The molecule has 0 heterocycles. The lowest BCUT2D eigenvalue weighted by Crippen LogP contribution is -2.08. The molecule has 2 aromatic carbocycles.